The Morgan fingerprint density at radius 3 is 2.72 bits per heavy atom. The van der Waals surface area contributed by atoms with E-state index < -0.39 is 0 Å². The first-order valence-corrected chi connectivity index (χ1v) is 6.47. The lowest BCUT2D eigenvalue weighted by atomic mass is 9.82. The lowest BCUT2D eigenvalue weighted by Gasteiger charge is -2.34. The molecule has 0 amide bonds. The summed E-state index contributed by atoms with van der Waals surface area (Å²) in [5.41, 5.74) is 0. The summed E-state index contributed by atoms with van der Waals surface area (Å²) in [5, 5.41) is 3.18. The molecule has 1 fully saturated rings. The van der Waals surface area contributed by atoms with Crippen LogP contribution in [0, 0.1) is 5.92 Å². The smallest absolute Gasteiger partial charge is 0.220 e. The second-order valence-corrected chi connectivity index (χ2v) is 5.00. The Hall–Kier alpha value is -1.36. The average Bonchev–Trinajstić information content (AvgIpc) is 2.26. The molecule has 5 heteroatoms. The molecule has 5 nitrogen and oxygen atoms in total. The largest absolute Gasteiger partial charge is 0.475 e. The zero-order valence-corrected chi connectivity index (χ0v) is 11.2. The van der Waals surface area contributed by atoms with E-state index in [1.807, 2.05) is 20.9 Å². The van der Waals surface area contributed by atoms with E-state index in [1.165, 1.54) is 6.33 Å². The molecular weight excluding hydrogens is 230 g/mol. The van der Waals surface area contributed by atoms with Gasteiger partial charge < -0.3 is 14.8 Å². The summed E-state index contributed by atoms with van der Waals surface area (Å²) in [6.45, 7) is 5.00. The SMILES string of the molecule is CNCC1CC(Oc2cc(OC(C)C)ncn2)C1. The van der Waals surface area contributed by atoms with Gasteiger partial charge in [-0.1, -0.05) is 0 Å². The highest BCUT2D eigenvalue weighted by Gasteiger charge is 2.30. The minimum atomic E-state index is 0.108. The highest BCUT2D eigenvalue weighted by molar-refractivity contribution is 5.19. The number of hydrogen-bond acceptors (Lipinski definition) is 5. The summed E-state index contributed by atoms with van der Waals surface area (Å²) in [4.78, 5) is 8.16. The van der Waals surface area contributed by atoms with Crippen LogP contribution in [0.3, 0.4) is 0 Å². The van der Waals surface area contributed by atoms with E-state index in [4.69, 9.17) is 9.47 Å². The molecule has 0 aliphatic heterocycles. The van der Waals surface area contributed by atoms with Crippen LogP contribution in [0.15, 0.2) is 12.4 Å². The molecule has 0 atom stereocenters. The summed E-state index contributed by atoms with van der Waals surface area (Å²) in [6, 6.07) is 1.76. The molecule has 0 unspecified atom stereocenters. The molecule has 0 radical (unpaired) electrons. The van der Waals surface area contributed by atoms with Gasteiger partial charge in [0.1, 0.15) is 12.4 Å². The van der Waals surface area contributed by atoms with Crippen LogP contribution < -0.4 is 14.8 Å². The van der Waals surface area contributed by atoms with E-state index in [-0.39, 0.29) is 12.2 Å². The van der Waals surface area contributed by atoms with Crippen LogP contribution in [-0.2, 0) is 0 Å². The molecule has 1 aromatic rings. The molecule has 1 aliphatic rings. The van der Waals surface area contributed by atoms with Crippen LogP contribution in [0.5, 0.6) is 11.8 Å². The van der Waals surface area contributed by atoms with Crippen molar-refractivity contribution < 1.29 is 9.47 Å². The van der Waals surface area contributed by atoms with Crippen LogP contribution in [-0.4, -0.2) is 35.8 Å². The van der Waals surface area contributed by atoms with Crippen molar-refractivity contribution in [2.24, 2.45) is 5.92 Å². The van der Waals surface area contributed by atoms with Crippen molar-refractivity contribution >= 4 is 0 Å². The third kappa shape index (κ3) is 3.57. The third-order valence-electron chi connectivity index (χ3n) is 2.95. The predicted octanol–water partition coefficient (Wildman–Crippen LogP) is 1.64. The predicted molar refractivity (Wildman–Crippen MR) is 68.9 cm³/mol. The maximum absolute atomic E-state index is 5.79. The van der Waals surface area contributed by atoms with Gasteiger partial charge >= 0.3 is 0 Å². The molecule has 1 heterocycles. The van der Waals surface area contributed by atoms with Crippen molar-refractivity contribution in [1.29, 1.82) is 0 Å². The van der Waals surface area contributed by atoms with Crippen molar-refractivity contribution in [3.8, 4) is 11.8 Å². The van der Waals surface area contributed by atoms with Crippen LogP contribution in [0.25, 0.3) is 0 Å². The summed E-state index contributed by atoms with van der Waals surface area (Å²) in [5.74, 6) is 1.91. The first-order chi connectivity index (χ1) is 8.67. The Labute approximate surface area is 108 Å². The quantitative estimate of drug-likeness (QED) is 0.833. The zero-order chi connectivity index (χ0) is 13.0. The number of aromatic nitrogens is 2. The summed E-state index contributed by atoms with van der Waals surface area (Å²) in [6.07, 6.45) is 4.05. The van der Waals surface area contributed by atoms with Crippen molar-refractivity contribution in [3.63, 3.8) is 0 Å². The fraction of sp³-hybridized carbons (Fsp3) is 0.692. The van der Waals surface area contributed by atoms with Crippen molar-refractivity contribution in [1.82, 2.24) is 15.3 Å². The van der Waals surface area contributed by atoms with Gasteiger partial charge in [0, 0.05) is 0 Å². The Kier molecular flexibility index (Phi) is 4.36. The Bertz CT molecular complexity index is 378. The van der Waals surface area contributed by atoms with Crippen LogP contribution >= 0.6 is 0 Å². The van der Waals surface area contributed by atoms with Gasteiger partial charge in [-0.3, -0.25) is 0 Å². The van der Waals surface area contributed by atoms with Gasteiger partial charge in [-0.15, -0.1) is 0 Å². The number of rotatable bonds is 6. The standard InChI is InChI=1S/C13H21N3O2/c1-9(2)17-12-6-13(16-8-15-12)18-11-4-10(5-11)7-14-3/h6,8-11,14H,4-5,7H2,1-3H3. The Balaban J connectivity index is 1.83. The molecule has 0 bridgehead atoms. The van der Waals surface area contributed by atoms with E-state index in [2.05, 4.69) is 15.3 Å². The minimum absolute atomic E-state index is 0.108. The van der Waals surface area contributed by atoms with E-state index in [0.29, 0.717) is 11.8 Å². The third-order valence-corrected chi connectivity index (χ3v) is 2.95. The highest BCUT2D eigenvalue weighted by Crippen LogP contribution is 2.30. The molecule has 2 rings (SSSR count). The molecule has 0 aromatic carbocycles. The van der Waals surface area contributed by atoms with Gasteiger partial charge in [-0.25, -0.2) is 9.97 Å². The van der Waals surface area contributed by atoms with Gasteiger partial charge in [0.2, 0.25) is 11.8 Å². The Morgan fingerprint density at radius 1 is 1.33 bits per heavy atom. The molecule has 0 saturated heterocycles. The first kappa shape index (κ1) is 13.1. The normalized spacial score (nSPS) is 22.7. The fourth-order valence-corrected chi connectivity index (χ4v) is 2.09. The first-order valence-electron chi connectivity index (χ1n) is 6.47. The molecule has 1 N–H and O–H groups in total. The molecule has 0 spiro atoms. The highest BCUT2D eigenvalue weighted by atomic mass is 16.5. The Morgan fingerprint density at radius 2 is 2.06 bits per heavy atom. The van der Waals surface area contributed by atoms with Gasteiger partial charge in [0.05, 0.1) is 12.2 Å². The van der Waals surface area contributed by atoms with E-state index >= 15 is 0 Å². The van der Waals surface area contributed by atoms with E-state index in [9.17, 15) is 0 Å². The maximum atomic E-state index is 5.79. The van der Waals surface area contributed by atoms with Gasteiger partial charge in [-0.2, -0.15) is 0 Å². The number of nitrogens with zero attached hydrogens (tertiary/aromatic N) is 2. The topological polar surface area (TPSA) is 56.3 Å². The van der Waals surface area contributed by atoms with Gasteiger partial charge in [-0.05, 0) is 46.2 Å². The summed E-state index contributed by atoms with van der Waals surface area (Å²) >= 11 is 0. The van der Waals surface area contributed by atoms with Crippen LogP contribution in [0.1, 0.15) is 26.7 Å². The van der Waals surface area contributed by atoms with E-state index in [1.54, 1.807) is 6.07 Å². The monoisotopic (exact) mass is 251 g/mol. The maximum Gasteiger partial charge on any atom is 0.220 e. The number of nitrogens with one attached hydrogen (secondary N) is 1. The van der Waals surface area contributed by atoms with Gasteiger partial charge in [0.15, 0.2) is 0 Å². The van der Waals surface area contributed by atoms with Crippen molar-refractivity contribution in [3.05, 3.63) is 12.4 Å². The summed E-state index contributed by atoms with van der Waals surface area (Å²) in [7, 11) is 1.98. The second-order valence-electron chi connectivity index (χ2n) is 5.00. The lowest BCUT2D eigenvalue weighted by molar-refractivity contribution is 0.0610. The number of ether oxygens (including phenoxy) is 2. The van der Waals surface area contributed by atoms with Crippen molar-refractivity contribution in [2.45, 2.75) is 38.9 Å². The fourth-order valence-electron chi connectivity index (χ4n) is 2.09. The molecule has 1 saturated carbocycles. The molecule has 18 heavy (non-hydrogen) atoms. The van der Waals surface area contributed by atoms with E-state index in [0.717, 1.165) is 25.3 Å². The van der Waals surface area contributed by atoms with Gasteiger partial charge in [0.25, 0.3) is 0 Å². The average molecular weight is 251 g/mol. The second kappa shape index (κ2) is 6.00. The lowest BCUT2D eigenvalue weighted by Crippen LogP contribution is -2.38. The molecule has 1 aromatic heterocycles. The van der Waals surface area contributed by atoms with Crippen LogP contribution in [0.4, 0.5) is 0 Å². The number of hydrogen-bond donors (Lipinski definition) is 1. The summed E-state index contributed by atoms with van der Waals surface area (Å²) < 4.78 is 11.3. The molecule has 100 valence electrons. The molecule has 1 aliphatic carbocycles. The molecular formula is C13H21N3O2. The van der Waals surface area contributed by atoms with Crippen molar-refractivity contribution in [2.75, 3.05) is 13.6 Å². The van der Waals surface area contributed by atoms with Crippen LogP contribution in [0.2, 0.25) is 0 Å². The zero-order valence-electron chi connectivity index (χ0n) is 11.2. The minimum Gasteiger partial charge on any atom is -0.475 e.